The summed E-state index contributed by atoms with van der Waals surface area (Å²) in [4.78, 5) is 38.3. The monoisotopic (exact) mass is 373 g/mol. The summed E-state index contributed by atoms with van der Waals surface area (Å²) in [6.45, 7) is 9.57. The van der Waals surface area contributed by atoms with Gasteiger partial charge in [0.1, 0.15) is 0 Å². The van der Waals surface area contributed by atoms with Crippen LogP contribution < -0.4 is 5.43 Å². The number of para-hydroxylation sites is 1. The Balaban J connectivity index is 2.02. The van der Waals surface area contributed by atoms with Gasteiger partial charge in [-0.1, -0.05) is 12.1 Å². The van der Waals surface area contributed by atoms with Crippen molar-refractivity contribution in [3.8, 4) is 0 Å². The van der Waals surface area contributed by atoms with Crippen molar-refractivity contribution in [2.45, 2.75) is 65.8 Å². The van der Waals surface area contributed by atoms with Gasteiger partial charge in [0.2, 0.25) is 5.43 Å². The number of ether oxygens (including phenoxy) is 1. The molecular weight excluding hydrogens is 346 g/mol. The lowest BCUT2D eigenvalue weighted by molar-refractivity contribution is -0.161. The predicted octanol–water partition coefficient (Wildman–Crippen LogP) is 2.36. The Morgan fingerprint density at radius 2 is 1.74 bits per heavy atom. The van der Waals surface area contributed by atoms with Gasteiger partial charge >= 0.3 is 5.97 Å². The number of benzene rings is 1. The summed E-state index contributed by atoms with van der Waals surface area (Å²) in [5, 5.41) is 4.64. The second-order valence-electron chi connectivity index (χ2n) is 7.06. The highest BCUT2D eigenvalue weighted by atomic mass is 16.5. The number of aromatic nitrogens is 2. The van der Waals surface area contributed by atoms with Crippen molar-refractivity contribution < 1.29 is 14.3 Å². The van der Waals surface area contributed by atoms with Gasteiger partial charge in [0.15, 0.2) is 6.10 Å². The summed E-state index contributed by atoms with van der Waals surface area (Å²) < 4.78 is 6.91. The van der Waals surface area contributed by atoms with Crippen molar-refractivity contribution in [3.63, 3.8) is 0 Å². The van der Waals surface area contributed by atoms with Crippen LogP contribution in [0, 0.1) is 0 Å². The van der Waals surface area contributed by atoms with Crippen molar-refractivity contribution in [2.75, 3.05) is 0 Å². The minimum absolute atomic E-state index is 0.0235. The molecule has 2 aromatic rings. The Morgan fingerprint density at radius 3 is 2.37 bits per heavy atom. The second kappa shape index (κ2) is 8.79. The molecule has 1 aromatic carbocycles. The van der Waals surface area contributed by atoms with Crippen LogP contribution in [0.25, 0.3) is 10.9 Å². The fourth-order valence-corrected chi connectivity index (χ4v) is 3.16. The van der Waals surface area contributed by atoms with Crippen LogP contribution in [0.1, 0.15) is 41.0 Å². The molecule has 0 N–H and O–H groups in total. The van der Waals surface area contributed by atoms with E-state index < -0.39 is 12.1 Å². The zero-order valence-electron chi connectivity index (χ0n) is 16.5. The Kier molecular flexibility index (Phi) is 6.71. The van der Waals surface area contributed by atoms with E-state index >= 15 is 0 Å². The summed E-state index contributed by atoms with van der Waals surface area (Å²) >= 11 is 0. The third kappa shape index (κ3) is 4.93. The van der Waals surface area contributed by atoms with Crippen LogP contribution in [0.2, 0.25) is 0 Å². The first-order valence-electron chi connectivity index (χ1n) is 9.19. The first kappa shape index (κ1) is 20.6. The highest BCUT2D eigenvalue weighted by Gasteiger charge is 2.27. The van der Waals surface area contributed by atoms with E-state index in [0.717, 1.165) is 0 Å². The normalized spacial score (nSPS) is 12.4. The minimum atomic E-state index is -0.846. The van der Waals surface area contributed by atoms with Crippen molar-refractivity contribution in [1.82, 2.24) is 14.7 Å². The molecule has 0 aliphatic heterocycles. The maximum absolute atomic E-state index is 12.5. The molecule has 27 heavy (non-hydrogen) atoms. The van der Waals surface area contributed by atoms with E-state index in [0.29, 0.717) is 10.9 Å². The van der Waals surface area contributed by atoms with E-state index in [1.54, 1.807) is 34.7 Å². The fraction of sp³-hybridized carbons (Fsp3) is 0.500. The van der Waals surface area contributed by atoms with Gasteiger partial charge in [-0.3, -0.25) is 19.1 Å². The topological polar surface area (TPSA) is 81.5 Å². The molecule has 0 aliphatic carbocycles. The molecule has 0 spiro atoms. The number of esters is 1. The van der Waals surface area contributed by atoms with Gasteiger partial charge in [0, 0.05) is 17.5 Å². The van der Waals surface area contributed by atoms with Gasteiger partial charge in [-0.25, -0.2) is 0 Å². The molecule has 0 saturated carbocycles. The average Bonchev–Trinajstić information content (AvgIpc) is 2.60. The van der Waals surface area contributed by atoms with Crippen molar-refractivity contribution in [1.29, 1.82) is 0 Å². The number of hydrogen-bond donors (Lipinski definition) is 0. The lowest BCUT2D eigenvalue weighted by Crippen LogP contribution is -2.47. The number of fused-ring (bicyclic) bond motifs is 1. The largest absolute Gasteiger partial charge is 0.452 e. The summed E-state index contributed by atoms with van der Waals surface area (Å²) in [5.74, 6) is -0.687. The van der Waals surface area contributed by atoms with Crippen LogP contribution in [0.4, 0.5) is 0 Å². The summed E-state index contributed by atoms with van der Waals surface area (Å²) in [6.07, 6.45) is 0.449. The van der Waals surface area contributed by atoms with E-state index in [1.165, 1.54) is 6.20 Å². The third-order valence-electron chi connectivity index (χ3n) is 4.31. The standard InChI is InChI=1S/C20H27N3O4/c1-13(2)23(14(3)4)20(26)15(5)27-19(25)10-11-22-17-9-7-6-8-16(17)18(24)12-21-22/h6-9,12-15H,10-11H2,1-5H3/t15-/m0/s1. The van der Waals surface area contributed by atoms with Crippen LogP contribution >= 0.6 is 0 Å². The molecule has 7 heteroatoms. The van der Waals surface area contributed by atoms with Crippen molar-refractivity contribution >= 4 is 22.8 Å². The SMILES string of the molecule is CC(C)N(C(=O)[C@H](C)OC(=O)CCn1ncc(=O)c2ccccc21)C(C)C. The summed E-state index contributed by atoms with van der Waals surface area (Å²) in [5.41, 5.74) is 0.499. The first-order chi connectivity index (χ1) is 12.7. The summed E-state index contributed by atoms with van der Waals surface area (Å²) in [6, 6.07) is 7.15. The zero-order valence-corrected chi connectivity index (χ0v) is 16.5. The number of carbonyl (C=O) groups excluding carboxylic acids is 2. The molecule has 1 heterocycles. The number of nitrogens with zero attached hydrogens (tertiary/aromatic N) is 3. The van der Waals surface area contributed by atoms with Crippen LogP contribution in [0.15, 0.2) is 35.3 Å². The van der Waals surface area contributed by atoms with Crippen LogP contribution in [0.3, 0.4) is 0 Å². The molecule has 1 aromatic heterocycles. The van der Waals surface area contributed by atoms with Crippen molar-refractivity contribution in [2.24, 2.45) is 0 Å². The highest BCUT2D eigenvalue weighted by molar-refractivity contribution is 5.84. The van der Waals surface area contributed by atoms with E-state index in [-0.39, 0.29) is 36.4 Å². The molecule has 0 aliphatic rings. The minimum Gasteiger partial charge on any atom is -0.452 e. The van der Waals surface area contributed by atoms with Crippen LogP contribution in [0.5, 0.6) is 0 Å². The number of hydrogen-bond acceptors (Lipinski definition) is 5. The number of carbonyl (C=O) groups is 2. The average molecular weight is 373 g/mol. The number of rotatable bonds is 7. The number of aryl methyl sites for hydroxylation is 1. The highest BCUT2D eigenvalue weighted by Crippen LogP contribution is 2.11. The quantitative estimate of drug-likeness (QED) is 0.696. The van der Waals surface area contributed by atoms with Crippen LogP contribution in [-0.2, 0) is 20.9 Å². The molecule has 0 saturated heterocycles. The molecule has 0 fully saturated rings. The molecule has 0 unspecified atom stereocenters. The van der Waals surface area contributed by atoms with E-state index in [1.807, 2.05) is 33.8 Å². The van der Waals surface area contributed by atoms with Crippen molar-refractivity contribution in [3.05, 3.63) is 40.7 Å². The lowest BCUT2D eigenvalue weighted by atomic mass is 10.2. The van der Waals surface area contributed by atoms with Gasteiger partial charge in [-0.05, 0) is 46.8 Å². The maximum atomic E-state index is 12.5. The molecule has 0 radical (unpaired) electrons. The molecular formula is C20H27N3O4. The van der Waals surface area contributed by atoms with Gasteiger partial charge < -0.3 is 9.64 Å². The van der Waals surface area contributed by atoms with Gasteiger partial charge in [-0.2, -0.15) is 5.10 Å². The van der Waals surface area contributed by atoms with E-state index in [2.05, 4.69) is 5.10 Å². The van der Waals surface area contributed by atoms with Gasteiger partial charge in [0.25, 0.3) is 5.91 Å². The van der Waals surface area contributed by atoms with Crippen LogP contribution in [-0.4, -0.2) is 44.7 Å². The predicted molar refractivity (Wildman–Crippen MR) is 103 cm³/mol. The van der Waals surface area contributed by atoms with E-state index in [9.17, 15) is 14.4 Å². The summed E-state index contributed by atoms with van der Waals surface area (Å²) in [7, 11) is 0. The van der Waals surface area contributed by atoms with Gasteiger partial charge in [-0.15, -0.1) is 0 Å². The molecule has 0 bridgehead atoms. The first-order valence-corrected chi connectivity index (χ1v) is 9.19. The van der Waals surface area contributed by atoms with Gasteiger partial charge in [0.05, 0.1) is 24.7 Å². The number of amides is 1. The Morgan fingerprint density at radius 1 is 1.11 bits per heavy atom. The zero-order chi connectivity index (χ0) is 20.1. The Bertz CT molecular complexity index is 865. The molecule has 146 valence electrons. The fourth-order valence-electron chi connectivity index (χ4n) is 3.16. The maximum Gasteiger partial charge on any atom is 0.308 e. The molecule has 1 atom stereocenters. The second-order valence-corrected chi connectivity index (χ2v) is 7.06. The molecule has 1 amide bonds. The Hall–Kier alpha value is -2.70. The molecule has 2 rings (SSSR count). The van der Waals surface area contributed by atoms with E-state index in [4.69, 9.17) is 4.74 Å². The smallest absolute Gasteiger partial charge is 0.308 e. The molecule has 7 nitrogen and oxygen atoms in total. The third-order valence-corrected chi connectivity index (χ3v) is 4.31. The lowest BCUT2D eigenvalue weighted by Gasteiger charge is -2.32. The Labute approximate surface area is 158 Å².